The molecular formula is C23H28N4O2S. The molecule has 2 heterocycles. The lowest BCUT2D eigenvalue weighted by molar-refractivity contribution is 0.561. The number of hydrogen-bond donors (Lipinski definition) is 0. The van der Waals surface area contributed by atoms with Gasteiger partial charge < -0.3 is 4.55 Å². The van der Waals surface area contributed by atoms with Crippen LogP contribution in [0.3, 0.4) is 0 Å². The van der Waals surface area contributed by atoms with E-state index >= 15 is 0 Å². The van der Waals surface area contributed by atoms with Crippen molar-refractivity contribution in [3.8, 4) is 11.4 Å². The Morgan fingerprint density at radius 3 is 2.40 bits per heavy atom. The predicted octanol–water partition coefficient (Wildman–Crippen LogP) is 4.19. The molecule has 158 valence electrons. The number of benzene rings is 1. The van der Waals surface area contributed by atoms with Gasteiger partial charge in [-0.1, -0.05) is 4.40 Å². The number of aryl methyl sites for hydroxylation is 3. The van der Waals surface area contributed by atoms with E-state index in [9.17, 15) is 9.35 Å². The van der Waals surface area contributed by atoms with Gasteiger partial charge in [0.1, 0.15) is 21.9 Å². The number of aromatic nitrogens is 3. The summed E-state index contributed by atoms with van der Waals surface area (Å²) in [6, 6.07) is 7.63. The number of hydrogen-bond acceptors (Lipinski definition) is 5. The number of rotatable bonds is 3. The van der Waals surface area contributed by atoms with Crippen LogP contribution in [0, 0.1) is 20.8 Å². The summed E-state index contributed by atoms with van der Waals surface area (Å²) in [6.07, 6.45) is 0. The first kappa shape index (κ1) is 22.2. The summed E-state index contributed by atoms with van der Waals surface area (Å²) in [6.45, 7) is 13.2. The number of nitrogens with zero attached hydrogens (tertiary/aromatic N) is 4. The van der Waals surface area contributed by atoms with Gasteiger partial charge in [0.25, 0.3) is 5.56 Å². The first-order valence-electron chi connectivity index (χ1n) is 9.84. The second-order valence-electron chi connectivity index (χ2n) is 8.63. The fourth-order valence-corrected chi connectivity index (χ4v) is 3.89. The Morgan fingerprint density at radius 2 is 1.80 bits per heavy atom. The van der Waals surface area contributed by atoms with Crippen LogP contribution < -0.4 is 5.56 Å². The fourth-order valence-electron chi connectivity index (χ4n) is 3.27. The molecule has 1 aromatic carbocycles. The maximum absolute atomic E-state index is 13.2. The average Bonchev–Trinajstić information content (AvgIpc) is 2.64. The van der Waals surface area contributed by atoms with Crippen LogP contribution in [-0.2, 0) is 18.4 Å². The highest BCUT2D eigenvalue weighted by Crippen LogP contribution is 2.25. The molecule has 1 unspecified atom stereocenters. The molecule has 0 saturated heterocycles. The molecule has 7 heteroatoms. The summed E-state index contributed by atoms with van der Waals surface area (Å²) in [5.41, 5.74) is 5.20. The Morgan fingerprint density at radius 1 is 1.13 bits per heavy atom. The normalized spacial score (nSPS) is 13.7. The van der Waals surface area contributed by atoms with Crippen molar-refractivity contribution in [2.45, 2.75) is 53.2 Å². The minimum atomic E-state index is -1.41. The third-order valence-corrected chi connectivity index (χ3v) is 6.41. The summed E-state index contributed by atoms with van der Waals surface area (Å²) in [4.78, 5) is 22.6. The van der Waals surface area contributed by atoms with E-state index in [0.717, 1.165) is 28.1 Å². The molecule has 1 atom stereocenters. The van der Waals surface area contributed by atoms with Crippen LogP contribution >= 0.6 is 0 Å². The minimum absolute atomic E-state index is 0.135. The van der Waals surface area contributed by atoms with Crippen LogP contribution in [0.1, 0.15) is 50.2 Å². The molecule has 0 radical (unpaired) electrons. The highest BCUT2D eigenvalue weighted by molar-refractivity contribution is 7.91. The Kier molecular flexibility index (Phi) is 5.89. The maximum atomic E-state index is 13.2. The van der Waals surface area contributed by atoms with Crippen molar-refractivity contribution < 1.29 is 4.55 Å². The molecule has 0 fully saturated rings. The second-order valence-corrected chi connectivity index (χ2v) is 10.5. The Balaban J connectivity index is 2.34. The van der Waals surface area contributed by atoms with Gasteiger partial charge in [-0.15, -0.1) is 0 Å². The zero-order valence-corrected chi connectivity index (χ0v) is 19.6. The van der Waals surface area contributed by atoms with Crippen LogP contribution in [-0.4, -0.2) is 29.5 Å². The molecule has 0 bridgehead atoms. The monoisotopic (exact) mass is 424 g/mol. The molecule has 3 rings (SSSR count). The molecule has 30 heavy (non-hydrogen) atoms. The maximum Gasteiger partial charge on any atom is 0.261 e. The largest absolute Gasteiger partial charge is 0.591 e. The smallest absolute Gasteiger partial charge is 0.261 e. The van der Waals surface area contributed by atoms with Crippen molar-refractivity contribution in [3.05, 3.63) is 57.1 Å². The first-order valence-corrected chi connectivity index (χ1v) is 10.9. The van der Waals surface area contributed by atoms with E-state index in [1.54, 1.807) is 11.6 Å². The zero-order chi connectivity index (χ0) is 22.4. The number of pyridine rings is 1. The van der Waals surface area contributed by atoms with Gasteiger partial charge in [-0.05, 0) is 78.3 Å². The van der Waals surface area contributed by atoms with Gasteiger partial charge in [0.15, 0.2) is 0 Å². The highest BCUT2D eigenvalue weighted by Gasteiger charge is 2.27. The lowest BCUT2D eigenvalue weighted by atomic mass is 10.0. The van der Waals surface area contributed by atoms with Crippen LogP contribution in [0.4, 0.5) is 0 Å². The van der Waals surface area contributed by atoms with Gasteiger partial charge in [-0.3, -0.25) is 14.3 Å². The van der Waals surface area contributed by atoms with Gasteiger partial charge in [-0.2, -0.15) is 0 Å². The molecule has 3 aromatic rings. The van der Waals surface area contributed by atoms with Crippen molar-refractivity contribution >= 4 is 28.0 Å². The predicted molar refractivity (Wildman–Crippen MR) is 125 cm³/mol. The third-order valence-electron chi connectivity index (χ3n) is 4.92. The van der Waals surface area contributed by atoms with E-state index in [-0.39, 0.29) is 5.56 Å². The Labute approximate surface area is 180 Å². The van der Waals surface area contributed by atoms with Gasteiger partial charge in [0, 0.05) is 29.6 Å². The summed E-state index contributed by atoms with van der Waals surface area (Å²) >= 11 is -1.41. The Bertz CT molecular complexity index is 1220. The van der Waals surface area contributed by atoms with E-state index in [2.05, 4.69) is 9.38 Å². The summed E-state index contributed by atoms with van der Waals surface area (Å²) < 4.78 is 18.1. The van der Waals surface area contributed by atoms with Crippen LogP contribution in [0.15, 0.2) is 33.5 Å². The van der Waals surface area contributed by atoms with E-state index in [4.69, 9.17) is 4.98 Å². The fraction of sp³-hybridized carbons (Fsp3) is 0.391. The molecule has 0 N–H and O–H groups in total. The topological polar surface area (TPSA) is 83.2 Å². The Hall–Kier alpha value is -2.51. The minimum Gasteiger partial charge on any atom is -0.591 e. The van der Waals surface area contributed by atoms with Crippen molar-refractivity contribution in [1.29, 1.82) is 0 Å². The van der Waals surface area contributed by atoms with Gasteiger partial charge in [-0.25, -0.2) is 4.98 Å². The standard InChI is InChI=1S/C23H28N4O2S/c1-13-11-18(16(4)26-30(29)23(5,6)7)20-19(12-13)22(28)27(8)21(25-20)17-10-9-14(2)24-15(17)3/h9-12H,1-8H3. The van der Waals surface area contributed by atoms with E-state index in [1.807, 2.05) is 72.7 Å². The van der Waals surface area contributed by atoms with Crippen molar-refractivity contribution in [2.24, 2.45) is 11.4 Å². The molecule has 0 saturated carbocycles. The quantitative estimate of drug-likeness (QED) is 0.466. The lowest BCUT2D eigenvalue weighted by Crippen LogP contribution is -2.27. The SMILES string of the molecule is CC(=N[S+]([O-])C(C)(C)C)c1cc(C)cc2c(=O)n(C)c(-c3ccc(C)nc3C)nc12. The molecule has 0 aliphatic heterocycles. The van der Waals surface area contributed by atoms with E-state index < -0.39 is 16.1 Å². The van der Waals surface area contributed by atoms with Gasteiger partial charge in [0.2, 0.25) is 0 Å². The van der Waals surface area contributed by atoms with Gasteiger partial charge in [0.05, 0.1) is 16.6 Å². The summed E-state index contributed by atoms with van der Waals surface area (Å²) in [5.74, 6) is 0.548. The average molecular weight is 425 g/mol. The molecule has 0 aliphatic carbocycles. The van der Waals surface area contributed by atoms with Gasteiger partial charge >= 0.3 is 0 Å². The summed E-state index contributed by atoms with van der Waals surface area (Å²) in [5, 5.41) is 0.519. The number of fused-ring (bicyclic) bond motifs is 1. The van der Waals surface area contributed by atoms with Crippen molar-refractivity contribution in [1.82, 2.24) is 14.5 Å². The third kappa shape index (κ3) is 4.18. The van der Waals surface area contributed by atoms with Crippen molar-refractivity contribution in [3.63, 3.8) is 0 Å². The molecule has 6 nitrogen and oxygen atoms in total. The summed E-state index contributed by atoms with van der Waals surface area (Å²) in [7, 11) is 1.72. The first-order chi connectivity index (χ1) is 13.9. The highest BCUT2D eigenvalue weighted by atomic mass is 32.2. The molecule has 0 aliphatic rings. The van der Waals surface area contributed by atoms with Crippen molar-refractivity contribution in [2.75, 3.05) is 0 Å². The molecule has 0 spiro atoms. The molecule has 2 aromatic heterocycles. The second kappa shape index (κ2) is 7.96. The zero-order valence-electron chi connectivity index (χ0n) is 18.8. The van der Waals surface area contributed by atoms with Crippen LogP contribution in [0.25, 0.3) is 22.3 Å². The van der Waals surface area contributed by atoms with E-state index in [0.29, 0.717) is 22.4 Å². The van der Waals surface area contributed by atoms with Crippen LogP contribution in [0.5, 0.6) is 0 Å². The lowest BCUT2D eigenvalue weighted by Gasteiger charge is -2.19. The van der Waals surface area contributed by atoms with E-state index in [1.165, 1.54) is 0 Å². The van der Waals surface area contributed by atoms with Crippen LogP contribution in [0.2, 0.25) is 0 Å². The molecular weight excluding hydrogens is 396 g/mol. The molecule has 0 amide bonds.